The van der Waals surface area contributed by atoms with Gasteiger partial charge >= 0.3 is 12.1 Å². The Morgan fingerprint density at radius 2 is 1.76 bits per heavy atom. The maximum absolute atomic E-state index is 12.4. The summed E-state index contributed by atoms with van der Waals surface area (Å²) in [5, 5.41) is 9.42. The lowest BCUT2D eigenvalue weighted by molar-refractivity contribution is 0.00879. The molecule has 4 rings (SSSR count). The third kappa shape index (κ3) is 5.78. The number of carbonyl (C=O) groups excluding carboxylic acids is 2. The van der Waals surface area contributed by atoms with Crippen LogP contribution in [0.15, 0.2) is 54.6 Å². The second kappa shape index (κ2) is 10.6. The molecule has 0 bridgehead atoms. The van der Waals surface area contributed by atoms with Crippen molar-refractivity contribution >= 4 is 40.8 Å². The van der Waals surface area contributed by atoms with Gasteiger partial charge in [-0.15, -0.1) is 0 Å². The molecular formula is C23H25N3O6S. The lowest BCUT2D eigenvalue weighted by atomic mass is 10.1. The summed E-state index contributed by atoms with van der Waals surface area (Å²) in [5.74, 6) is -0.459. The SMILES string of the molecule is CCOC(=O)c1cccc(NC(=O)OC2COC3C(NC(=S)Nc4ccccc4)COC23)c1. The van der Waals surface area contributed by atoms with E-state index in [1.807, 2.05) is 30.3 Å². The van der Waals surface area contributed by atoms with E-state index in [0.29, 0.717) is 23.0 Å². The molecule has 2 aliphatic heterocycles. The molecule has 9 nitrogen and oxygen atoms in total. The molecule has 4 atom stereocenters. The molecule has 174 valence electrons. The smallest absolute Gasteiger partial charge is 0.412 e. The van der Waals surface area contributed by atoms with Crippen molar-refractivity contribution in [3.63, 3.8) is 0 Å². The van der Waals surface area contributed by atoms with Gasteiger partial charge < -0.3 is 29.6 Å². The summed E-state index contributed by atoms with van der Waals surface area (Å²) in [6.07, 6.45) is -1.93. The monoisotopic (exact) mass is 471 g/mol. The highest BCUT2D eigenvalue weighted by Crippen LogP contribution is 2.29. The Hall–Kier alpha value is -3.21. The predicted molar refractivity (Wildman–Crippen MR) is 125 cm³/mol. The molecule has 1 amide bonds. The number of benzene rings is 2. The Balaban J connectivity index is 1.28. The summed E-state index contributed by atoms with van der Waals surface area (Å²) < 4.78 is 22.2. The molecule has 0 saturated carbocycles. The standard InChI is InChI=1S/C23H25N3O6S/c1-2-29-21(27)14-7-6-10-16(11-14)25-23(28)32-18-13-31-19-17(12-30-20(18)19)26-22(33)24-15-8-4-3-5-9-15/h3-11,17-20H,2,12-13H2,1H3,(H,25,28)(H2,24,26,33). The first-order valence-electron chi connectivity index (χ1n) is 10.6. The van der Waals surface area contributed by atoms with Crippen LogP contribution >= 0.6 is 12.2 Å². The molecule has 2 saturated heterocycles. The van der Waals surface area contributed by atoms with Crippen molar-refractivity contribution in [1.29, 1.82) is 0 Å². The van der Waals surface area contributed by atoms with Crippen LogP contribution in [0.4, 0.5) is 16.2 Å². The molecule has 33 heavy (non-hydrogen) atoms. The lowest BCUT2D eigenvalue weighted by Gasteiger charge is -2.20. The van der Waals surface area contributed by atoms with Crippen LogP contribution in [0, 0.1) is 0 Å². The molecule has 2 aromatic rings. The number of carbonyl (C=O) groups is 2. The van der Waals surface area contributed by atoms with Gasteiger partial charge in [0.2, 0.25) is 0 Å². The number of amides is 1. The fourth-order valence-corrected chi connectivity index (χ4v) is 4.04. The molecule has 0 aliphatic carbocycles. The molecule has 0 spiro atoms. The van der Waals surface area contributed by atoms with E-state index in [0.717, 1.165) is 5.69 Å². The molecule has 4 unspecified atom stereocenters. The van der Waals surface area contributed by atoms with Gasteiger partial charge in [0.1, 0.15) is 12.2 Å². The van der Waals surface area contributed by atoms with Crippen molar-refractivity contribution in [3.05, 3.63) is 60.2 Å². The van der Waals surface area contributed by atoms with Crippen LogP contribution in [0.5, 0.6) is 0 Å². The minimum absolute atomic E-state index is 0.170. The van der Waals surface area contributed by atoms with Gasteiger partial charge in [-0.3, -0.25) is 5.32 Å². The van der Waals surface area contributed by atoms with Crippen molar-refractivity contribution in [2.45, 2.75) is 31.3 Å². The van der Waals surface area contributed by atoms with Gasteiger partial charge in [0, 0.05) is 11.4 Å². The topological polar surface area (TPSA) is 107 Å². The first-order chi connectivity index (χ1) is 16.0. The van der Waals surface area contributed by atoms with E-state index in [1.165, 1.54) is 6.07 Å². The fraction of sp³-hybridized carbons (Fsp3) is 0.348. The third-order valence-corrected chi connectivity index (χ3v) is 5.45. The zero-order valence-corrected chi connectivity index (χ0v) is 18.8. The van der Waals surface area contributed by atoms with E-state index in [1.54, 1.807) is 25.1 Å². The maximum Gasteiger partial charge on any atom is 0.412 e. The number of esters is 1. The highest BCUT2D eigenvalue weighted by Gasteiger charge is 2.49. The van der Waals surface area contributed by atoms with Crippen molar-refractivity contribution in [2.75, 3.05) is 30.5 Å². The van der Waals surface area contributed by atoms with Gasteiger partial charge in [-0.05, 0) is 49.5 Å². The average Bonchev–Trinajstić information content (AvgIpc) is 3.38. The number of para-hydroxylation sites is 1. The highest BCUT2D eigenvalue weighted by molar-refractivity contribution is 7.80. The largest absolute Gasteiger partial charge is 0.462 e. The van der Waals surface area contributed by atoms with E-state index in [4.69, 9.17) is 31.2 Å². The van der Waals surface area contributed by atoms with Crippen LogP contribution in [-0.4, -0.2) is 61.3 Å². The minimum atomic E-state index is -0.661. The molecule has 0 radical (unpaired) electrons. The van der Waals surface area contributed by atoms with Crippen LogP contribution in [0.3, 0.4) is 0 Å². The van der Waals surface area contributed by atoms with E-state index < -0.39 is 24.3 Å². The molecule has 2 aliphatic rings. The van der Waals surface area contributed by atoms with Gasteiger partial charge in [-0.2, -0.15) is 0 Å². The minimum Gasteiger partial charge on any atom is -0.462 e. The lowest BCUT2D eigenvalue weighted by Crippen LogP contribution is -2.46. The zero-order valence-electron chi connectivity index (χ0n) is 18.0. The number of hydrogen-bond donors (Lipinski definition) is 3. The van der Waals surface area contributed by atoms with Crippen molar-refractivity contribution in [2.24, 2.45) is 0 Å². The van der Waals surface area contributed by atoms with E-state index in [9.17, 15) is 9.59 Å². The molecule has 2 fully saturated rings. The van der Waals surface area contributed by atoms with Gasteiger partial charge in [-0.25, -0.2) is 9.59 Å². The molecule has 2 heterocycles. The Kier molecular flexibility index (Phi) is 7.38. The number of fused-ring (bicyclic) bond motifs is 1. The summed E-state index contributed by atoms with van der Waals surface area (Å²) in [6.45, 7) is 2.58. The number of nitrogens with one attached hydrogen (secondary N) is 3. The van der Waals surface area contributed by atoms with Crippen LogP contribution < -0.4 is 16.0 Å². The number of thiocarbonyl (C=S) groups is 1. The Morgan fingerprint density at radius 3 is 2.55 bits per heavy atom. The van der Waals surface area contributed by atoms with Gasteiger partial charge in [0.05, 0.1) is 31.4 Å². The van der Waals surface area contributed by atoms with E-state index >= 15 is 0 Å². The Bertz CT molecular complexity index is 1000. The fourth-order valence-electron chi connectivity index (χ4n) is 3.77. The predicted octanol–water partition coefficient (Wildman–Crippen LogP) is 2.93. The molecule has 10 heteroatoms. The molecule has 3 N–H and O–H groups in total. The van der Waals surface area contributed by atoms with Crippen LogP contribution in [0.1, 0.15) is 17.3 Å². The number of anilines is 2. The van der Waals surface area contributed by atoms with Gasteiger partial charge in [-0.1, -0.05) is 24.3 Å². The number of rotatable bonds is 6. The van der Waals surface area contributed by atoms with E-state index in [2.05, 4.69) is 16.0 Å². The Morgan fingerprint density at radius 1 is 1.00 bits per heavy atom. The zero-order chi connectivity index (χ0) is 23.2. The summed E-state index contributed by atoms with van der Waals surface area (Å²) in [6, 6.07) is 15.9. The summed E-state index contributed by atoms with van der Waals surface area (Å²) in [7, 11) is 0. The summed E-state index contributed by atoms with van der Waals surface area (Å²) in [4.78, 5) is 24.3. The molecule has 0 aromatic heterocycles. The molecule has 2 aromatic carbocycles. The maximum atomic E-state index is 12.4. The van der Waals surface area contributed by atoms with E-state index in [-0.39, 0.29) is 25.4 Å². The summed E-state index contributed by atoms with van der Waals surface area (Å²) in [5.41, 5.74) is 1.64. The Labute approximate surface area is 196 Å². The molecular weight excluding hydrogens is 446 g/mol. The first kappa shape index (κ1) is 23.0. The number of ether oxygens (including phenoxy) is 4. The quantitative estimate of drug-likeness (QED) is 0.433. The van der Waals surface area contributed by atoms with Crippen LogP contribution in [0.2, 0.25) is 0 Å². The van der Waals surface area contributed by atoms with Crippen LogP contribution in [-0.2, 0) is 18.9 Å². The van der Waals surface area contributed by atoms with Crippen molar-refractivity contribution in [1.82, 2.24) is 5.32 Å². The highest BCUT2D eigenvalue weighted by atomic mass is 32.1. The first-order valence-corrected chi connectivity index (χ1v) is 11.0. The number of hydrogen-bond acceptors (Lipinski definition) is 7. The van der Waals surface area contributed by atoms with Gasteiger partial charge in [0.25, 0.3) is 0 Å². The third-order valence-electron chi connectivity index (χ3n) is 5.23. The van der Waals surface area contributed by atoms with Crippen molar-refractivity contribution in [3.8, 4) is 0 Å². The summed E-state index contributed by atoms with van der Waals surface area (Å²) >= 11 is 5.39. The second-order valence-corrected chi connectivity index (χ2v) is 7.95. The van der Waals surface area contributed by atoms with Gasteiger partial charge in [0.15, 0.2) is 11.2 Å². The normalized spacial score (nSPS) is 23.3. The van der Waals surface area contributed by atoms with Crippen molar-refractivity contribution < 1.29 is 28.5 Å². The second-order valence-electron chi connectivity index (χ2n) is 7.54. The average molecular weight is 472 g/mol. The van der Waals surface area contributed by atoms with Crippen LogP contribution in [0.25, 0.3) is 0 Å².